The number of nitrogens with two attached hydrogens (primary N) is 1. The molecule has 0 atom stereocenters. The van der Waals surface area contributed by atoms with Crippen LogP contribution < -0.4 is 10.6 Å². The largest absolute Gasteiger partial charge is 0.353 e. The van der Waals surface area contributed by atoms with E-state index in [0.717, 1.165) is 25.2 Å². The van der Waals surface area contributed by atoms with Gasteiger partial charge in [0.2, 0.25) is 0 Å². The van der Waals surface area contributed by atoms with Crippen molar-refractivity contribution in [3.63, 3.8) is 0 Å². The van der Waals surface area contributed by atoms with Crippen LogP contribution in [0, 0.1) is 5.92 Å². The Balaban J connectivity index is 2.30. The highest BCUT2D eigenvalue weighted by atomic mass is 15.2. The second-order valence-electron chi connectivity index (χ2n) is 6.76. The van der Waals surface area contributed by atoms with Crippen LogP contribution in [0.4, 0.5) is 5.82 Å². The lowest BCUT2D eigenvalue weighted by molar-refractivity contribution is 0.530. The van der Waals surface area contributed by atoms with Crippen molar-refractivity contribution in [3.8, 4) is 0 Å². The molecule has 1 aliphatic rings. The van der Waals surface area contributed by atoms with Crippen LogP contribution in [-0.2, 0) is 13.0 Å². The first-order chi connectivity index (χ1) is 10.1. The van der Waals surface area contributed by atoms with Gasteiger partial charge in [0.25, 0.3) is 0 Å². The summed E-state index contributed by atoms with van der Waals surface area (Å²) in [4.78, 5) is 7.49. The molecule has 1 fully saturated rings. The quantitative estimate of drug-likeness (QED) is 0.828. The number of hydrogen-bond donors (Lipinski definition) is 1. The molecule has 0 spiro atoms. The molecule has 0 aromatic carbocycles. The molecule has 1 aromatic heterocycles. The lowest BCUT2D eigenvalue weighted by Gasteiger charge is -2.32. The Kier molecular flexibility index (Phi) is 6.04. The highest BCUT2D eigenvalue weighted by Gasteiger charge is 2.24. The monoisotopic (exact) mass is 289 g/mol. The summed E-state index contributed by atoms with van der Waals surface area (Å²) in [5.74, 6) is 1.81. The summed E-state index contributed by atoms with van der Waals surface area (Å²) >= 11 is 0. The zero-order valence-corrected chi connectivity index (χ0v) is 13.9. The molecule has 2 rings (SSSR count). The van der Waals surface area contributed by atoms with Crippen LogP contribution in [0.15, 0.2) is 12.1 Å². The van der Waals surface area contributed by atoms with Gasteiger partial charge in [-0.1, -0.05) is 40.0 Å². The summed E-state index contributed by atoms with van der Waals surface area (Å²) < 4.78 is 0. The van der Waals surface area contributed by atoms with Crippen molar-refractivity contribution in [3.05, 3.63) is 23.4 Å². The van der Waals surface area contributed by atoms with Gasteiger partial charge in [0.05, 0.1) is 0 Å². The van der Waals surface area contributed by atoms with Crippen molar-refractivity contribution in [2.24, 2.45) is 11.7 Å². The Bertz CT molecular complexity index is 436. The number of anilines is 1. The minimum atomic E-state index is 0.604. The van der Waals surface area contributed by atoms with Crippen molar-refractivity contribution in [1.82, 2.24) is 4.98 Å². The van der Waals surface area contributed by atoms with Crippen molar-refractivity contribution in [1.29, 1.82) is 0 Å². The number of pyridine rings is 1. The fraction of sp³-hybridized carbons (Fsp3) is 0.722. The van der Waals surface area contributed by atoms with Gasteiger partial charge in [0.1, 0.15) is 5.82 Å². The lowest BCUT2D eigenvalue weighted by Crippen LogP contribution is -2.37. The number of nitrogens with zero attached hydrogens (tertiary/aromatic N) is 2. The highest BCUT2D eigenvalue weighted by molar-refractivity contribution is 5.44. The van der Waals surface area contributed by atoms with Crippen LogP contribution in [0.5, 0.6) is 0 Å². The second-order valence-corrected chi connectivity index (χ2v) is 6.76. The summed E-state index contributed by atoms with van der Waals surface area (Å²) in [6.45, 7) is 8.49. The summed E-state index contributed by atoms with van der Waals surface area (Å²) in [5, 5.41) is 0. The molecule has 1 saturated carbocycles. The van der Waals surface area contributed by atoms with E-state index in [0.29, 0.717) is 18.5 Å². The molecule has 0 radical (unpaired) electrons. The van der Waals surface area contributed by atoms with Crippen molar-refractivity contribution < 1.29 is 0 Å². The normalized spacial score (nSPS) is 15.9. The van der Waals surface area contributed by atoms with E-state index >= 15 is 0 Å². The third-order valence-electron chi connectivity index (χ3n) is 4.29. The van der Waals surface area contributed by atoms with Gasteiger partial charge in [0, 0.05) is 24.8 Å². The molecule has 0 bridgehead atoms. The summed E-state index contributed by atoms with van der Waals surface area (Å²) in [5.41, 5.74) is 8.31. The molecule has 21 heavy (non-hydrogen) atoms. The Labute approximate surface area is 129 Å². The molecule has 2 N–H and O–H groups in total. The number of aryl methyl sites for hydroxylation is 1. The zero-order chi connectivity index (χ0) is 15.2. The van der Waals surface area contributed by atoms with Crippen molar-refractivity contribution in [2.45, 2.75) is 71.9 Å². The van der Waals surface area contributed by atoms with Crippen LogP contribution in [-0.4, -0.2) is 17.6 Å². The van der Waals surface area contributed by atoms with Gasteiger partial charge in [-0.15, -0.1) is 0 Å². The Morgan fingerprint density at radius 3 is 2.57 bits per heavy atom. The first-order valence-electron chi connectivity index (χ1n) is 8.60. The summed E-state index contributed by atoms with van der Waals surface area (Å²) in [6, 6.07) is 5.05. The van der Waals surface area contributed by atoms with E-state index in [9.17, 15) is 0 Å². The molecule has 1 heterocycles. The molecule has 0 unspecified atom stereocenters. The number of hydrogen-bond acceptors (Lipinski definition) is 3. The van der Waals surface area contributed by atoms with Gasteiger partial charge in [-0.25, -0.2) is 4.98 Å². The third-order valence-corrected chi connectivity index (χ3v) is 4.29. The number of rotatable bonds is 7. The van der Waals surface area contributed by atoms with Crippen molar-refractivity contribution in [2.75, 3.05) is 11.4 Å². The lowest BCUT2D eigenvalue weighted by atomic mass is 10.1. The first kappa shape index (κ1) is 16.3. The van der Waals surface area contributed by atoms with E-state index in [4.69, 9.17) is 10.7 Å². The average Bonchev–Trinajstić information content (AvgIpc) is 2.98. The molecule has 3 nitrogen and oxygen atoms in total. The van der Waals surface area contributed by atoms with E-state index in [1.165, 1.54) is 36.9 Å². The van der Waals surface area contributed by atoms with Gasteiger partial charge in [0.15, 0.2) is 0 Å². The third kappa shape index (κ3) is 4.44. The molecule has 0 aliphatic heterocycles. The van der Waals surface area contributed by atoms with E-state index in [1.54, 1.807) is 0 Å². The van der Waals surface area contributed by atoms with Gasteiger partial charge in [-0.2, -0.15) is 0 Å². The predicted molar refractivity (Wildman–Crippen MR) is 90.6 cm³/mol. The van der Waals surface area contributed by atoms with Crippen LogP contribution >= 0.6 is 0 Å². The second kappa shape index (κ2) is 7.79. The molecule has 0 saturated heterocycles. The average molecular weight is 289 g/mol. The number of aromatic nitrogens is 1. The van der Waals surface area contributed by atoms with Crippen LogP contribution in [0.3, 0.4) is 0 Å². The summed E-state index contributed by atoms with van der Waals surface area (Å²) in [6.07, 6.45) is 7.51. The fourth-order valence-electron chi connectivity index (χ4n) is 3.32. The maximum Gasteiger partial charge on any atom is 0.129 e. The van der Waals surface area contributed by atoms with Crippen LogP contribution in [0.1, 0.15) is 64.1 Å². The molecule has 118 valence electrons. The predicted octanol–water partition coefficient (Wildman–Crippen LogP) is 3.90. The maximum absolute atomic E-state index is 5.89. The van der Waals surface area contributed by atoms with E-state index in [2.05, 4.69) is 37.8 Å². The maximum atomic E-state index is 5.89. The van der Waals surface area contributed by atoms with Crippen LogP contribution in [0.2, 0.25) is 0 Å². The summed E-state index contributed by atoms with van der Waals surface area (Å²) in [7, 11) is 0. The Morgan fingerprint density at radius 1 is 1.29 bits per heavy atom. The van der Waals surface area contributed by atoms with E-state index in [-0.39, 0.29) is 0 Å². The first-order valence-corrected chi connectivity index (χ1v) is 8.60. The smallest absolute Gasteiger partial charge is 0.129 e. The SMILES string of the molecule is CCCc1cc(CN)cc(N(CC(C)C)C2CCCC2)n1. The molecule has 1 aromatic rings. The molecule has 0 amide bonds. The van der Waals surface area contributed by atoms with Crippen LogP contribution in [0.25, 0.3) is 0 Å². The van der Waals surface area contributed by atoms with E-state index in [1.807, 2.05) is 0 Å². The minimum absolute atomic E-state index is 0.604. The van der Waals surface area contributed by atoms with E-state index < -0.39 is 0 Å². The molecule has 3 heteroatoms. The van der Waals surface area contributed by atoms with Gasteiger partial charge < -0.3 is 10.6 Å². The topological polar surface area (TPSA) is 42.1 Å². The highest BCUT2D eigenvalue weighted by Crippen LogP contribution is 2.29. The molecular formula is C18H31N3. The zero-order valence-electron chi connectivity index (χ0n) is 13.9. The fourth-order valence-corrected chi connectivity index (χ4v) is 3.32. The van der Waals surface area contributed by atoms with Gasteiger partial charge >= 0.3 is 0 Å². The van der Waals surface area contributed by atoms with Gasteiger partial charge in [-0.3, -0.25) is 0 Å². The standard InChI is InChI=1S/C18H31N3/c1-4-7-16-10-15(12-19)11-18(20-16)21(13-14(2)3)17-8-5-6-9-17/h10-11,14,17H,4-9,12-13,19H2,1-3H3. The molecular weight excluding hydrogens is 258 g/mol. The van der Waals surface area contributed by atoms with Gasteiger partial charge in [-0.05, 0) is 42.9 Å². The van der Waals surface area contributed by atoms with Crippen molar-refractivity contribution >= 4 is 5.82 Å². The Hall–Kier alpha value is -1.09. The minimum Gasteiger partial charge on any atom is -0.353 e. The molecule has 1 aliphatic carbocycles. The Morgan fingerprint density at radius 2 is 2.00 bits per heavy atom.